The van der Waals surface area contributed by atoms with E-state index in [9.17, 15) is 4.79 Å². The Morgan fingerprint density at radius 3 is 2.63 bits per heavy atom. The quantitative estimate of drug-likeness (QED) is 0.858. The Morgan fingerprint density at radius 2 is 2.11 bits per heavy atom. The highest BCUT2D eigenvalue weighted by Gasteiger charge is 2.19. The Bertz CT molecular complexity index is 571. The molecule has 7 heteroatoms. The van der Waals surface area contributed by atoms with Gasteiger partial charge in [0.05, 0.1) is 24.1 Å². The molecule has 2 rings (SSSR count). The highest BCUT2D eigenvalue weighted by atomic mass is 16.5. The number of anilines is 1. The lowest BCUT2D eigenvalue weighted by molar-refractivity contribution is 0.0934. The zero-order valence-electron chi connectivity index (χ0n) is 11.0. The average molecular weight is 261 g/mol. The van der Waals surface area contributed by atoms with E-state index in [1.807, 2.05) is 13.8 Å². The van der Waals surface area contributed by atoms with Gasteiger partial charge in [0.2, 0.25) is 0 Å². The Kier molecular flexibility index (Phi) is 3.46. The summed E-state index contributed by atoms with van der Waals surface area (Å²) in [4.78, 5) is 19.7. The number of aromatic nitrogens is 3. The van der Waals surface area contributed by atoms with Crippen LogP contribution in [0.15, 0.2) is 16.9 Å². The van der Waals surface area contributed by atoms with E-state index in [-0.39, 0.29) is 23.5 Å². The lowest BCUT2D eigenvalue weighted by Gasteiger charge is -2.13. The van der Waals surface area contributed by atoms with Gasteiger partial charge in [-0.3, -0.25) is 4.79 Å². The number of rotatable bonds is 3. The number of hydrogen-bond donors (Lipinski definition) is 2. The molecule has 0 bridgehead atoms. The van der Waals surface area contributed by atoms with Gasteiger partial charge in [-0.1, -0.05) is 5.16 Å². The summed E-state index contributed by atoms with van der Waals surface area (Å²) in [5.41, 5.74) is 7.26. The minimum atomic E-state index is -0.319. The maximum Gasteiger partial charge on any atom is 0.271 e. The van der Waals surface area contributed by atoms with Crippen LogP contribution in [0.2, 0.25) is 0 Å². The van der Waals surface area contributed by atoms with Crippen molar-refractivity contribution in [2.24, 2.45) is 0 Å². The van der Waals surface area contributed by atoms with Gasteiger partial charge in [-0.2, -0.15) is 0 Å². The van der Waals surface area contributed by atoms with Crippen LogP contribution >= 0.6 is 0 Å². The molecule has 0 saturated heterocycles. The van der Waals surface area contributed by atoms with E-state index in [4.69, 9.17) is 10.3 Å². The normalized spacial score (nSPS) is 12.2. The summed E-state index contributed by atoms with van der Waals surface area (Å²) in [7, 11) is 0. The van der Waals surface area contributed by atoms with E-state index in [1.165, 1.54) is 12.4 Å². The third-order valence-corrected chi connectivity index (χ3v) is 2.77. The van der Waals surface area contributed by atoms with Crippen LogP contribution in [0.4, 0.5) is 5.82 Å². The van der Waals surface area contributed by atoms with Gasteiger partial charge in [0.15, 0.2) is 0 Å². The molecule has 0 spiro atoms. The minimum Gasteiger partial charge on any atom is -0.382 e. The summed E-state index contributed by atoms with van der Waals surface area (Å²) >= 11 is 0. The molecule has 1 unspecified atom stereocenters. The van der Waals surface area contributed by atoms with Gasteiger partial charge < -0.3 is 15.6 Å². The van der Waals surface area contributed by atoms with Crippen molar-refractivity contribution in [2.75, 3.05) is 5.73 Å². The number of hydrogen-bond acceptors (Lipinski definition) is 6. The molecule has 19 heavy (non-hydrogen) atoms. The summed E-state index contributed by atoms with van der Waals surface area (Å²) in [5, 5.41) is 6.68. The summed E-state index contributed by atoms with van der Waals surface area (Å²) in [5.74, 6) is 0.643. The maximum absolute atomic E-state index is 12.0. The molecule has 3 N–H and O–H groups in total. The Morgan fingerprint density at radius 1 is 1.37 bits per heavy atom. The molecule has 0 radical (unpaired) electrons. The Hall–Kier alpha value is -2.44. The van der Waals surface area contributed by atoms with Gasteiger partial charge in [0.1, 0.15) is 17.3 Å². The van der Waals surface area contributed by atoms with E-state index in [0.29, 0.717) is 5.76 Å². The minimum absolute atomic E-state index is 0.216. The number of nitrogens with zero attached hydrogens (tertiary/aromatic N) is 3. The van der Waals surface area contributed by atoms with Crippen LogP contribution in [-0.2, 0) is 0 Å². The van der Waals surface area contributed by atoms with Crippen molar-refractivity contribution in [3.63, 3.8) is 0 Å². The van der Waals surface area contributed by atoms with E-state index in [0.717, 1.165) is 11.3 Å². The summed E-state index contributed by atoms with van der Waals surface area (Å²) in [6.07, 6.45) is 2.68. The predicted octanol–water partition coefficient (Wildman–Crippen LogP) is 1.15. The third kappa shape index (κ3) is 2.70. The van der Waals surface area contributed by atoms with Crippen molar-refractivity contribution < 1.29 is 9.32 Å². The van der Waals surface area contributed by atoms with Crippen molar-refractivity contribution in [3.8, 4) is 0 Å². The molecule has 0 aliphatic rings. The molecule has 1 atom stereocenters. The van der Waals surface area contributed by atoms with Crippen LogP contribution in [0.1, 0.15) is 40.5 Å². The van der Waals surface area contributed by atoms with Crippen LogP contribution < -0.4 is 11.1 Å². The number of amides is 1. The highest BCUT2D eigenvalue weighted by molar-refractivity contribution is 5.92. The van der Waals surface area contributed by atoms with Crippen molar-refractivity contribution >= 4 is 11.7 Å². The summed E-state index contributed by atoms with van der Waals surface area (Å²) in [6, 6.07) is -0.224. The topological polar surface area (TPSA) is 107 Å². The van der Waals surface area contributed by atoms with Gasteiger partial charge in [0, 0.05) is 5.56 Å². The fraction of sp³-hybridized carbons (Fsp3) is 0.333. The molecule has 0 aromatic carbocycles. The second-order valence-corrected chi connectivity index (χ2v) is 4.26. The Balaban J connectivity index is 2.13. The average Bonchev–Trinajstić information content (AvgIpc) is 2.69. The van der Waals surface area contributed by atoms with Crippen molar-refractivity contribution in [3.05, 3.63) is 35.1 Å². The molecule has 0 fully saturated rings. The highest BCUT2D eigenvalue weighted by Crippen LogP contribution is 2.21. The first-order valence-corrected chi connectivity index (χ1v) is 5.80. The first-order valence-electron chi connectivity index (χ1n) is 5.80. The van der Waals surface area contributed by atoms with Gasteiger partial charge in [-0.05, 0) is 20.8 Å². The Labute approximate surface area is 110 Å². The number of carbonyl (C=O) groups is 1. The van der Waals surface area contributed by atoms with E-state index in [1.54, 1.807) is 6.92 Å². The van der Waals surface area contributed by atoms with E-state index >= 15 is 0 Å². The number of nitrogens with one attached hydrogen (secondary N) is 1. The zero-order valence-corrected chi connectivity index (χ0v) is 11.0. The predicted molar refractivity (Wildman–Crippen MR) is 68.3 cm³/mol. The fourth-order valence-corrected chi connectivity index (χ4v) is 1.91. The number of carbonyl (C=O) groups excluding carboxylic acids is 1. The second kappa shape index (κ2) is 5.05. The van der Waals surface area contributed by atoms with Gasteiger partial charge >= 0.3 is 0 Å². The van der Waals surface area contributed by atoms with Crippen molar-refractivity contribution in [2.45, 2.75) is 26.8 Å². The lowest BCUT2D eigenvalue weighted by atomic mass is 10.1. The van der Waals surface area contributed by atoms with Crippen LogP contribution in [0.3, 0.4) is 0 Å². The SMILES string of the molecule is Cc1noc(C)c1C(C)NC(=O)c1cnc(N)cn1. The molecular formula is C12H15N5O2. The van der Waals surface area contributed by atoms with E-state index in [2.05, 4.69) is 20.4 Å². The number of aryl methyl sites for hydroxylation is 2. The van der Waals surface area contributed by atoms with Gasteiger partial charge in [-0.25, -0.2) is 9.97 Å². The lowest BCUT2D eigenvalue weighted by Crippen LogP contribution is -2.28. The standard InChI is InChI=1S/C12H15N5O2/c1-6(11-7(2)17-19-8(11)3)16-12(18)9-4-15-10(13)5-14-9/h4-6H,1-3H3,(H2,13,15)(H,16,18). The molecule has 1 amide bonds. The first kappa shape index (κ1) is 13.0. The van der Waals surface area contributed by atoms with Crippen molar-refractivity contribution in [1.29, 1.82) is 0 Å². The monoisotopic (exact) mass is 261 g/mol. The van der Waals surface area contributed by atoms with Crippen LogP contribution in [0.5, 0.6) is 0 Å². The van der Waals surface area contributed by atoms with Crippen LogP contribution in [0.25, 0.3) is 0 Å². The maximum atomic E-state index is 12.0. The molecule has 2 aromatic heterocycles. The van der Waals surface area contributed by atoms with Crippen LogP contribution in [0, 0.1) is 13.8 Å². The molecule has 7 nitrogen and oxygen atoms in total. The number of nitrogen functional groups attached to an aromatic ring is 1. The summed E-state index contributed by atoms with van der Waals surface area (Å²) in [6.45, 7) is 5.49. The molecule has 0 aliphatic carbocycles. The van der Waals surface area contributed by atoms with Crippen LogP contribution in [-0.4, -0.2) is 21.0 Å². The zero-order chi connectivity index (χ0) is 14.0. The van der Waals surface area contributed by atoms with E-state index < -0.39 is 0 Å². The number of nitrogens with two attached hydrogens (primary N) is 1. The van der Waals surface area contributed by atoms with Gasteiger partial charge in [0.25, 0.3) is 5.91 Å². The molecule has 2 heterocycles. The fourth-order valence-electron chi connectivity index (χ4n) is 1.91. The molecular weight excluding hydrogens is 246 g/mol. The smallest absolute Gasteiger partial charge is 0.271 e. The molecule has 2 aromatic rings. The summed E-state index contributed by atoms with van der Waals surface area (Å²) < 4.78 is 5.07. The first-order chi connectivity index (χ1) is 8.99. The van der Waals surface area contributed by atoms with Gasteiger partial charge in [-0.15, -0.1) is 0 Å². The molecule has 0 aliphatic heterocycles. The molecule has 100 valence electrons. The molecule has 0 saturated carbocycles. The third-order valence-electron chi connectivity index (χ3n) is 2.77. The largest absolute Gasteiger partial charge is 0.382 e. The second-order valence-electron chi connectivity index (χ2n) is 4.26. The van der Waals surface area contributed by atoms with Crippen molar-refractivity contribution in [1.82, 2.24) is 20.4 Å².